The predicted molar refractivity (Wildman–Crippen MR) is 64.2 cm³/mol. The first-order valence-electron chi connectivity index (χ1n) is 5.74. The molecule has 0 radical (unpaired) electrons. The predicted octanol–water partition coefficient (Wildman–Crippen LogP) is 2.50. The fourth-order valence-electron chi connectivity index (χ4n) is 1.92. The van der Waals surface area contributed by atoms with Crippen LogP contribution in [0.5, 0.6) is 0 Å². The van der Waals surface area contributed by atoms with E-state index in [1.165, 1.54) is 18.2 Å². The highest BCUT2D eigenvalue weighted by Gasteiger charge is 2.39. The highest BCUT2D eigenvalue weighted by Crippen LogP contribution is 2.37. The summed E-state index contributed by atoms with van der Waals surface area (Å²) in [6, 6.07) is 3.58. The molecule has 1 aromatic rings. The first-order valence-corrected chi connectivity index (χ1v) is 5.74. The number of nitrogen functional groups attached to an aromatic ring is 1. The van der Waals surface area contributed by atoms with E-state index < -0.39 is 18.7 Å². The lowest BCUT2D eigenvalue weighted by atomic mass is 10.1. The van der Waals surface area contributed by atoms with E-state index in [1.807, 2.05) is 0 Å². The second-order valence-electron chi connectivity index (χ2n) is 4.55. The van der Waals surface area contributed by atoms with Gasteiger partial charge >= 0.3 is 12.1 Å². The van der Waals surface area contributed by atoms with Gasteiger partial charge in [0.1, 0.15) is 6.54 Å². The van der Waals surface area contributed by atoms with Crippen LogP contribution in [-0.2, 0) is 0 Å². The Morgan fingerprint density at radius 2 is 2.05 bits per heavy atom. The molecule has 0 unspecified atom stereocenters. The molecule has 2 rings (SSSR count). The number of alkyl halides is 3. The number of benzene rings is 1. The van der Waals surface area contributed by atoms with Crippen LogP contribution in [0.1, 0.15) is 23.2 Å². The SMILES string of the molecule is Nc1ccc(C(=O)O)cc1N(CC(F)(F)F)C1CC1. The molecule has 7 heteroatoms. The zero-order valence-corrected chi connectivity index (χ0v) is 9.94. The Balaban J connectivity index is 2.35. The normalized spacial score (nSPS) is 15.3. The summed E-state index contributed by atoms with van der Waals surface area (Å²) in [5.41, 5.74) is 5.89. The molecule has 1 aliphatic rings. The van der Waals surface area contributed by atoms with E-state index in [-0.39, 0.29) is 23.0 Å². The highest BCUT2D eigenvalue weighted by atomic mass is 19.4. The number of nitrogens with two attached hydrogens (primary N) is 1. The van der Waals surface area contributed by atoms with Gasteiger partial charge in [-0.3, -0.25) is 0 Å². The van der Waals surface area contributed by atoms with Gasteiger partial charge in [-0.15, -0.1) is 0 Å². The second kappa shape index (κ2) is 4.64. The zero-order valence-electron chi connectivity index (χ0n) is 9.94. The number of hydrogen-bond acceptors (Lipinski definition) is 3. The summed E-state index contributed by atoms with van der Waals surface area (Å²) >= 11 is 0. The van der Waals surface area contributed by atoms with E-state index in [4.69, 9.17) is 10.8 Å². The van der Waals surface area contributed by atoms with Crippen molar-refractivity contribution in [3.05, 3.63) is 23.8 Å². The van der Waals surface area contributed by atoms with Crippen molar-refractivity contribution in [2.24, 2.45) is 0 Å². The van der Waals surface area contributed by atoms with Crippen LogP contribution in [0.15, 0.2) is 18.2 Å². The first-order chi connectivity index (χ1) is 8.78. The molecule has 3 N–H and O–H groups in total. The Morgan fingerprint density at radius 3 is 2.53 bits per heavy atom. The number of carboxylic acids is 1. The van der Waals surface area contributed by atoms with Gasteiger partial charge in [0, 0.05) is 6.04 Å². The average Bonchev–Trinajstić information content (AvgIpc) is 3.09. The summed E-state index contributed by atoms with van der Waals surface area (Å²) in [6.45, 7) is -1.12. The lowest BCUT2D eigenvalue weighted by Gasteiger charge is -2.27. The van der Waals surface area contributed by atoms with E-state index in [9.17, 15) is 18.0 Å². The molecular weight excluding hydrogens is 261 g/mol. The number of rotatable bonds is 4. The van der Waals surface area contributed by atoms with Gasteiger partial charge in [-0.05, 0) is 31.0 Å². The molecule has 19 heavy (non-hydrogen) atoms. The van der Waals surface area contributed by atoms with E-state index in [0.29, 0.717) is 12.8 Å². The van der Waals surface area contributed by atoms with Crippen molar-refractivity contribution in [2.75, 3.05) is 17.2 Å². The maximum Gasteiger partial charge on any atom is 0.405 e. The minimum atomic E-state index is -4.35. The summed E-state index contributed by atoms with van der Waals surface area (Å²) in [7, 11) is 0. The monoisotopic (exact) mass is 274 g/mol. The third-order valence-corrected chi connectivity index (χ3v) is 2.92. The summed E-state index contributed by atoms with van der Waals surface area (Å²) in [5.74, 6) is -1.19. The minimum absolute atomic E-state index is 0.0722. The zero-order chi connectivity index (χ0) is 14.2. The van der Waals surface area contributed by atoms with Crippen LogP contribution in [0.2, 0.25) is 0 Å². The first kappa shape index (κ1) is 13.5. The van der Waals surface area contributed by atoms with Crippen LogP contribution in [0, 0.1) is 0 Å². The van der Waals surface area contributed by atoms with Crippen molar-refractivity contribution in [1.29, 1.82) is 0 Å². The largest absolute Gasteiger partial charge is 0.478 e. The van der Waals surface area contributed by atoms with Crippen molar-refractivity contribution >= 4 is 17.3 Å². The van der Waals surface area contributed by atoms with Crippen molar-refractivity contribution < 1.29 is 23.1 Å². The van der Waals surface area contributed by atoms with Gasteiger partial charge < -0.3 is 15.7 Å². The van der Waals surface area contributed by atoms with Crippen molar-refractivity contribution in [2.45, 2.75) is 25.1 Å². The maximum atomic E-state index is 12.6. The van der Waals surface area contributed by atoms with Crippen molar-refractivity contribution in [3.63, 3.8) is 0 Å². The highest BCUT2D eigenvalue weighted by molar-refractivity contribution is 5.90. The van der Waals surface area contributed by atoms with Gasteiger partial charge in [0.15, 0.2) is 0 Å². The topological polar surface area (TPSA) is 66.6 Å². The number of anilines is 2. The molecule has 0 aliphatic heterocycles. The Kier molecular flexibility index (Phi) is 3.30. The number of halogens is 3. The molecular formula is C12H13F3N2O2. The van der Waals surface area contributed by atoms with Crippen LogP contribution >= 0.6 is 0 Å². The lowest BCUT2D eigenvalue weighted by molar-refractivity contribution is -0.119. The summed E-state index contributed by atoms with van der Waals surface area (Å²) < 4.78 is 37.7. The van der Waals surface area contributed by atoms with Gasteiger partial charge in [-0.2, -0.15) is 13.2 Å². The number of nitrogens with zero attached hydrogens (tertiary/aromatic N) is 1. The Bertz CT molecular complexity index is 498. The van der Waals surface area contributed by atoms with E-state index in [0.717, 1.165) is 4.90 Å². The number of aromatic carboxylic acids is 1. The molecule has 1 aromatic carbocycles. The van der Waals surface area contributed by atoms with Crippen LogP contribution in [0.4, 0.5) is 24.5 Å². The van der Waals surface area contributed by atoms with Gasteiger partial charge in [0.25, 0.3) is 0 Å². The fourth-order valence-corrected chi connectivity index (χ4v) is 1.92. The van der Waals surface area contributed by atoms with Gasteiger partial charge in [0.2, 0.25) is 0 Å². The average molecular weight is 274 g/mol. The van der Waals surface area contributed by atoms with Gasteiger partial charge in [-0.1, -0.05) is 0 Å². The molecule has 0 aromatic heterocycles. The van der Waals surface area contributed by atoms with Crippen LogP contribution in [0.25, 0.3) is 0 Å². The Labute approximate surface area is 107 Å². The Hall–Kier alpha value is -1.92. The van der Waals surface area contributed by atoms with Crippen molar-refractivity contribution in [1.82, 2.24) is 0 Å². The molecule has 0 saturated heterocycles. The van der Waals surface area contributed by atoms with Gasteiger partial charge in [-0.25, -0.2) is 4.79 Å². The molecule has 0 spiro atoms. The van der Waals surface area contributed by atoms with Crippen molar-refractivity contribution in [3.8, 4) is 0 Å². The minimum Gasteiger partial charge on any atom is -0.478 e. The molecule has 0 amide bonds. The number of hydrogen-bond donors (Lipinski definition) is 2. The molecule has 0 bridgehead atoms. The standard InChI is InChI=1S/C12H13F3N2O2/c13-12(14,15)6-17(8-2-3-8)10-5-7(11(18)19)1-4-9(10)16/h1,4-5,8H,2-3,6,16H2,(H,18,19). The van der Waals surface area contributed by atoms with Crippen LogP contribution < -0.4 is 10.6 Å². The fraction of sp³-hybridized carbons (Fsp3) is 0.417. The molecule has 1 aliphatic carbocycles. The Morgan fingerprint density at radius 1 is 1.42 bits per heavy atom. The molecule has 1 saturated carbocycles. The van der Waals surface area contributed by atoms with E-state index in [2.05, 4.69) is 0 Å². The van der Waals surface area contributed by atoms with Gasteiger partial charge in [0.05, 0.1) is 16.9 Å². The second-order valence-corrected chi connectivity index (χ2v) is 4.55. The summed E-state index contributed by atoms with van der Waals surface area (Å²) in [4.78, 5) is 12.0. The summed E-state index contributed by atoms with van der Waals surface area (Å²) in [5, 5.41) is 8.89. The third-order valence-electron chi connectivity index (χ3n) is 2.92. The molecule has 1 fully saturated rings. The molecule has 104 valence electrons. The number of carboxylic acid groups (broad SMARTS) is 1. The summed E-state index contributed by atoms with van der Waals surface area (Å²) in [6.07, 6.45) is -3.03. The smallest absolute Gasteiger partial charge is 0.405 e. The molecule has 0 atom stereocenters. The molecule has 0 heterocycles. The van der Waals surface area contributed by atoms with E-state index in [1.54, 1.807) is 0 Å². The lowest BCUT2D eigenvalue weighted by Crippen LogP contribution is -2.36. The van der Waals surface area contributed by atoms with E-state index >= 15 is 0 Å². The maximum absolute atomic E-state index is 12.6. The van der Waals surface area contributed by atoms with Crippen LogP contribution in [-0.4, -0.2) is 29.8 Å². The third kappa shape index (κ3) is 3.30. The molecule has 4 nitrogen and oxygen atoms in total. The van der Waals surface area contributed by atoms with Crippen LogP contribution in [0.3, 0.4) is 0 Å². The number of carbonyl (C=O) groups is 1. The quantitative estimate of drug-likeness (QED) is 0.828.